The Bertz CT molecular complexity index is 1180. The minimum Gasteiger partial charge on any atom is -0.286 e. The molecule has 17 atom stereocenters. The van der Waals surface area contributed by atoms with Crippen LogP contribution in [-0.4, -0.2) is 49.3 Å². The van der Waals surface area contributed by atoms with Gasteiger partial charge in [0.1, 0.15) is 0 Å². The molecule has 5 aliphatic heterocycles. The SMILES string of the molecule is c1csc(C2CCCC3C4NC5NC(NC6NC(NC7NC(NC(N4)C23)C2CCCCC72)C2CCCCC62)C2CCCCC52)c1. The van der Waals surface area contributed by atoms with E-state index < -0.39 is 0 Å². The summed E-state index contributed by atoms with van der Waals surface area (Å²) < 4.78 is 0. The Hall–Kier alpha value is -0.620. The summed E-state index contributed by atoms with van der Waals surface area (Å²) in [5, 5.41) is 36.5. The van der Waals surface area contributed by atoms with Crippen LogP contribution in [0.15, 0.2) is 17.5 Å². The van der Waals surface area contributed by atoms with Gasteiger partial charge in [-0.2, -0.15) is 0 Å². The summed E-state index contributed by atoms with van der Waals surface area (Å²) in [6, 6.07) is 4.71. The molecule has 4 aliphatic carbocycles. The van der Waals surface area contributed by atoms with E-state index in [1.807, 2.05) is 11.3 Å². The largest absolute Gasteiger partial charge is 0.286 e. The number of hydrogen-bond acceptors (Lipinski definition) is 9. The normalized spacial score (nSPS) is 54.2. The summed E-state index contributed by atoms with van der Waals surface area (Å²) in [5.41, 5.74) is 0. The van der Waals surface area contributed by atoms with Gasteiger partial charge in [0, 0.05) is 10.8 Å². The van der Waals surface area contributed by atoms with E-state index in [2.05, 4.69) is 60.0 Å². The molecule has 10 rings (SSSR count). The predicted molar refractivity (Wildman–Crippen MR) is 180 cm³/mol. The van der Waals surface area contributed by atoms with E-state index in [1.165, 1.54) is 96.3 Å². The van der Waals surface area contributed by atoms with Crippen LogP contribution in [-0.2, 0) is 0 Å². The van der Waals surface area contributed by atoms with Gasteiger partial charge in [-0.15, -0.1) is 11.3 Å². The van der Waals surface area contributed by atoms with E-state index >= 15 is 0 Å². The van der Waals surface area contributed by atoms with Crippen LogP contribution in [0.3, 0.4) is 0 Å². The van der Waals surface area contributed by atoms with Gasteiger partial charge in [-0.05, 0) is 110 Å². The Morgan fingerprint density at radius 1 is 0.400 bits per heavy atom. The summed E-state index contributed by atoms with van der Waals surface area (Å²) in [7, 11) is 0. The fourth-order valence-electron chi connectivity index (χ4n) is 12.9. The van der Waals surface area contributed by atoms with Crippen molar-refractivity contribution in [1.29, 1.82) is 0 Å². The van der Waals surface area contributed by atoms with Gasteiger partial charge in [-0.1, -0.05) is 51.0 Å². The van der Waals surface area contributed by atoms with E-state index in [1.54, 1.807) is 4.88 Å². The third kappa shape index (κ3) is 5.04. The zero-order valence-electron chi connectivity index (χ0n) is 27.1. The number of fused-ring (bicyclic) bond motifs is 20. The fraction of sp³-hybridized carbons (Fsp3) is 0.889. The molecule has 8 bridgehead atoms. The van der Waals surface area contributed by atoms with Crippen LogP contribution in [0.2, 0.25) is 0 Å². The second-order valence-electron chi connectivity index (χ2n) is 16.8. The molecule has 1 aromatic heterocycles. The van der Waals surface area contributed by atoms with E-state index in [9.17, 15) is 0 Å². The number of nitrogens with one attached hydrogen (secondary N) is 8. The highest BCUT2D eigenvalue weighted by Crippen LogP contribution is 2.50. The van der Waals surface area contributed by atoms with Crippen molar-refractivity contribution in [3.63, 3.8) is 0 Å². The maximum Gasteiger partial charge on any atom is 0.0634 e. The molecule has 9 aliphatic rings. The zero-order valence-corrected chi connectivity index (χ0v) is 27.9. The first-order valence-electron chi connectivity index (χ1n) is 19.4. The highest BCUT2D eigenvalue weighted by atomic mass is 32.1. The van der Waals surface area contributed by atoms with Crippen molar-refractivity contribution >= 4 is 11.3 Å². The molecule has 9 heteroatoms. The quantitative estimate of drug-likeness (QED) is 0.235. The molecule has 248 valence electrons. The third-order valence-electron chi connectivity index (χ3n) is 14.8. The van der Waals surface area contributed by atoms with Gasteiger partial charge in [-0.25, -0.2) is 0 Å². The summed E-state index contributed by atoms with van der Waals surface area (Å²) in [6.45, 7) is 0. The first-order chi connectivity index (χ1) is 22.3. The molecule has 6 heterocycles. The summed E-state index contributed by atoms with van der Waals surface area (Å²) in [6.07, 6.45) is 23.6. The molecule has 45 heavy (non-hydrogen) atoms. The lowest BCUT2D eigenvalue weighted by Crippen LogP contribution is -2.61. The molecule has 0 aromatic carbocycles. The van der Waals surface area contributed by atoms with Crippen molar-refractivity contribution < 1.29 is 0 Å². The summed E-state index contributed by atoms with van der Waals surface area (Å²) >= 11 is 1.99. The van der Waals surface area contributed by atoms with Gasteiger partial charge in [0.05, 0.1) is 49.3 Å². The first kappa shape index (κ1) is 29.3. The molecule has 1 aromatic rings. The van der Waals surface area contributed by atoms with Crippen LogP contribution in [0, 0.1) is 47.3 Å². The van der Waals surface area contributed by atoms with Crippen LogP contribution in [0.5, 0.6) is 0 Å². The highest BCUT2D eigenvalue weighted by molar-refractivity contribution is 7.10. The van der Waals surface area contributed by atoms with Gasteiger partial charge in [0.2, 0.25) is 0 Å². The predicted octanol–water partition coefficient (Wildman–Crippen LogP) is 4.06. The standard InChI is InChI=1S/C36H58N8S/c1-2-10-20-19(9-1)29-37-30(20)39-32-23-13-5-6-14-24(23)34(41-32)43-36-28-25(27-17-8-18-45-27)15-7-16-26(28)35(44-36)42-33-22-12-4-3-11-21(22)31(38-29)40-33/h8,17-26,28-44H,1-7,9-16H2. The molecule has 0 amide bonds. The van der Waals surface area contributed by atoms with Gasteiger partial charge >= 0.3 is 0 Å². The molecule has 0 spiro atoms. The van der Waals surface area contributed by atoms with Gasteiger partial charge in [0.25, 0.3) is 0 Å². The van der Waals surface area contributed by atoms with Crippen molar-refractivity contribution in [2.45, 2.75) is 152 Å². The van der Waals surface area contributed by atoms with Gasteiger partial charge < -0.3 is 0 Å². The average molecular weight is 635 g/mol. The number of hydrogen-bond donors (Lipinski definition) is 8. The van der Waals surface area contributed by atoms with Crippen LogP contribution >= 0.6 is 11.3 Å². The highest BCUT2D eigenvalue weighted by Gasteiger charge is 2.55. The molecular weight excluding hydrogens is 577 g/mol. The van der Waals surface area contributed by atoms with Crippen molar-refractivity contribution in [3.05, 3.63) is 22.4 Å². The summed E-state index contributed by atoms with van der Waals surface area (Å²) in [5.74, 6) is 6.26. The summed E-state index contributed by atoms with van der Waals surface area (Å²) in [4.78, 5) is 1.61. The molecule has 5 saturated heterocycles. The second-order valence-corrected chi connectivity index (χ2v) is 17.8. The minimum absolute atomic E-state index is 0.334. The first-order valence-corrected chi connectivity index (χ1v) is 20.3. The van der Waals surface area contributed by atoms with Crippen molar-refractivity contribution in [2.24, 2.45) is 47.3 Å². The van der Waals surface area contributed by atoms with Crippen LogP contribution < -0.4 is 42.5 Å². The topological polar surface area (TPSA) is 96.2 Å². The Balaban J connectivity index is 1.01. The Morgan fingerprint density at radius 3 is 1.13 bits per heavy atom. The fourth-order valence-corrected chi connectivity index (χ4v) is 13.8. The lowest BCUT2D eigenvalue weighted by atomic mass is 9.70. The maximum absolute atomic E-state index is 4.36. The van der Waals surface area contributed by atoms with E-state index in [4.69, 9.17) is 0 Å². The van der Waals surface area contributed by atoms with E-state index in [0.717, 1.165) is 17.8 Å². The third-order valence-corrected chi connectivity index (χ3v) is 15.8. The van der Waals surface area contributed by atoms with Crippen LogP contribution in [0.4, 0.5) is 0 Å². The lowest BCUT2D eigenvalue weighted by molar-refractivity contribution is 0.156. The van der Waals surface area contributed by atoms with Gasteiger partial charge in [0.15, 0.2) is 0 Å². The Kier molecular flexibility index (Phi) is 7.85. The average Bonchev–Trinajstić information content (AvgIpc) is 3.91. The molecule has 4 saturated carbocycles. The van der Waals surface area contributed by atoms with Crippen LogP contribution in [0.25, 0.3) is 0 Å². The van der Waals surface area contributed by atoms with E-state index in [-0.39, 0.29) is 0 Å². The van der Waals surface area contributed by atoms with E-state index in [0.29, 0.717) is 84.8 Å². The van der Waals surface area contributed by atoms with Crippen molar-refractivity contribution in [3.8, 4) is 0 Å². The van der Waals surface area contributed by atoms with Crippen LogP contribution in [0.1, 0.15) is 107 Å². The zero-order chi connectivity index (χ0) is 29.5. The molecule has 8 nitrogen and oxygen atoms in total. The molecule has 0 radical (unpaired) electrons. The second kappa shape index (κ2) is 12.1. The smallest absolute Gasteiger partial charge is 0.0634 e. The Morgan fingerprint density at radius 2 is 0.756 bits per heavy atom. The molecular formula is C36H58N8S. The molecule has 17 unspecified atom stereocenters. The maximum atomic E-state index is 4.36. The lowest BCUT2D eigenvalue weighted by Gasteiger charge is -2.39. The van der Waals surface area contributed by atoms with Crippen molar-refractivity contribution in [2.75, 3.05) is 0 Å². The monoisotopic (exact) mass is 634 g/mol. The van der Waals surface area contributed by atoms with Gasteiger partial charge in [-0.3, -0.25) is 42.5 Å². The Labute approximate surface area is 274 Å². The molecule has 9 fully saturated rings. The number of rotatable bonds is 1. The molecule has 8 N–H and O–H groups in total. The minimum atomic E-state index is 0.334. The number of thiophene rings is 1. The van der Waals surface area contributed by atoms with Crippen molar-refractivity contribution in [1.82, 2.24) is 42.5 Å².